The Bertz CT molecular complexity index is 1160. The van der Waals surface area contributed by atoms with Gasteiger partial charge >= 0.3 is 0 Å². The molecule has 2 heterocycles. The molecule has 2 aromatic carbocycles. The van der Waals surface area contributed by atoms with Gasteiger partial charge in [-0.25, -0.2) is 9.37 Å². The summed E-state index contributed by atoms with van der Waals surface area (Å²) in [6, 6.07) is 11.6. The SMILES string of the molecule is Cc1cc(F)ccc1NC(=O)CSc1nc2cc3c(cc2cc1C#N)OCCO3. The number of carbonyl (C=O) groups excluding carboxylic acids is 1. The minimum atomic E-state index is -0.356. The van der Waals surface area contributed by atoms with Gasteiger partial charge in [-0.1, -0.05) is 11.8 Å². The number of nitrogens with one attached hydrogen (secondary N) is 1. The number of anilines is 1. The van der Waals surface area contributed by atoms with Crippen LogP contribution in [0, 0.1) is 24.1 Å². The third kappa shape index (κ3) is 4.10. The number of fused-ring (bicyclic) bond motifs is 2. The lowest BCUT2D eigenvalue weighted by Crippen LogP contribution is -2.15. The number of aryl methyl sites for hydroxylation is 1. The summed E-state index contributed by atoms with van der Waals surface area (Å²) in [6.07, 6.45) is 0. The molecule has 1 amide bonds. The Kier molecular flexibility index (Phi) is 5.23. The van der Waals surface area contributed by atoms with Crippen molar-refractivity contribution in [2.75, 3.05) is 24.3 Å². The molecule has 29 heavy (non-hydrogen) atoms. The summed E-state index contributed by atoms with van der Waals surface area (Å²) >= 11 is 1.17. The fourth-order valence-corrected chi connectivity index (χ4v) is 3.73. The molecule has 0 radical (unpaired) electrons. The second-order valence-corrected chi connectivity index (χ2v) is 7.40. The molecule has 3 aromatic rings. The fourth-order valence-electron chi connectivity index (χ4n) is 2.97. The Morgan fingerprint density at radius 2 is 2.00 bits per heavy atom. The first-order chi connectivity index (χ1) is 14.0. The highest BCUT2D eigenvalue weighted by molar-refractivity contribution is 8.00. The van der Waals surface area contributed by atoms with E-state index >= 15 is 0 Å². The van der Waals surface area contributed by atoms with Gasteiger partial charge in [0.2, 0.25) is 5.91 Å². The maximum atomic E-state index is 13.2. The molecule has 1 aliphatic rings. The molecule has 0 bridgehead atoms. The summed E-state index contributed by atoms with van der Waals surface area (Å²) in [7, 11) is 0. The van der Waals surface area contributed by atoms with E-state index in [0.717, 1.165) is 5.39 Å². The minimum Gasteiger partial charge on any atom is -0.486 e. The molecular formula is C21H16FN3O3S. The topological polar surface area (TPSA) is 84.2 Å². The van der Waals surface area contributed by atoms with Gasteiger partial charge in [0.15, 0.2) is 11.5 Å². The lowest BCUT2D eigenvalue weighted by atomic mass is 10.1. The van der Waals surface area contributed by atoms with E-state index in [0.29, 0.717) is 52.1 Å². The molecule has 0 unspecified atom stereocenters. The Morgan fingerprint density at radius 1 is 1.24 bits per heavy atom. The number of carbonyl (C=O) groups is 1. The average Bonchev–Trinajstić information content (AvgIpc) is 2.72. The summed E-state index contributed by atoms with van der Waals surface area (Å²) in [5.41, 5.74) is 2.22. The van der Waals surface area contributed by atoms with Crippen molar-refractivity contribution in [2.24, 2.45) is 0 Å². The van der Waals surface area contributed by atoms with Crippen LogP contribution < -0.4 is 14.8 Å². The van der Waals surface area contributed by atoms with Crippen LogP contribution in [-0.4, -0.2) is 29.9 Å². The van der Waals surface area contributed by atoms with Crippen molar-refractivity contribution in [3.05, 3.63) is 53.3 Å². The minimum absolute atomic E-state index is 0.0640. The molecule has 1 aromatic heterocycles. The van der Waals surface area contributed by atoms with Gasteiger partial charge in [-0.3, -0.25) is 4.79 Å². The third-order valence-corrected chi connectivity index (χ3v) is 5.36. The van der Waals surface area contributed by atoms with Gasteiger partial charge in [0, 0.05) is 17.1 Å². The zero-order valence-electron chi connectivity index (χ0n) is 15.5. The number of pyridine rings is 1. The van der Waals surface area contributed by atoms with Crippen LogP contribution in [0.2, 0.25) is 0 Å². The molecule has 0 atom stereocenters. The summed E-state index contributed by atoms with van der Waals surface area (Å²) in [4.78, 5) is 16.8. The molecular weight excluding hydrogens is 393 g/mol. The van der Waals surface area contributed by atoms with Crippen LogP contribution in [0.25, 0.3) is 10.9 Å². The van der Waals surface area contributed by atoms with Gasteiger partial charge in [-0.15, -0.1) is 0 Å². The van der Waals surface area contributed by atoms with E-state index in [4.69, 9.17) is 9.47 Å². The molecule has 0 fully saturated rings. The number of rotatable bonds is 4. The number of thioether (sulfide) groups is 1. The van der Waals surface area contributed by atoms with Crippen LogP contribution in [0.3, 0.4) is 0 Å². The normalized spacial score (nSPS) is 12.4. The number of hydrogen-bond donors (Lipinski definition) is 1. The van der Waals surface area contributed by atoms with Crippen LogP contribution in [0.4, 0.5) is 10.1 Å². The molecule has 4 rings (SSSR count). The van der Waals surface area contributed by atoms with E-state index in [-0.39, 0.29) is 17.5 Å². The molecule has 0 spiro atoms. The third-order valence-electron chi connectivity index (χ3n) is 4.37. The van der Waals surface area contributed by atoms with E-state index in [1.807, 2.05) is 0 Å². The number of amides is 1. The lowest BCUT2D eigenvalue weighted by molar-refractivity contribution is -0.113. The van der Waals surface area contributed by atoms with Crippen LogP contribution in [0.15, 0.2) is 41.4 Å². The van der Waals surface area contributed by atoms with E-state index in [2.05, 4.69) is 16.4 Å². The summed E-state index contributed by atoms with van der Waals surface area (Å²) in [5, 5.41) is 13.5. The predicted octanol–water partition coefficient (Wildman–Crippen LogP) is 4.06. The van der Waals surface area contributed by atoms with E-state index in [1.54, 1.807) is 25.1 Å². The molecule has 0 aliphatic carbocycles. The quantitative estimate of drug-likeness (QED) is 0.655. The number of benzene rings is 2. The predicted molar refractivity (Wildman–Crippen MR) is 108 cm³/mol. The van der Waals surface area contributed by atoms with E-state index < -0.39 is 0 Å². The second kappa shape index (κ2) is 7.97. The molecule has 6 nitrogen and oxygen atoms in total. The van der Waals surface area contributed by atoms with Crippen molar-refractivity contribution in [1.29, 1.82) is 5.26 Å². The van der Waals surface area contributed by atoms with Crippen molar-refractivity contribution in [1.82, 2.24) is 4.98 Å². The maximum absolute atomic E-state index is 13.2. The number of halogens is 1. The average molecular weight is 409 g/mol. The van der Waals surface area contributed by atoms with Gasteiger partial charge < -0.3 is 14.8 Å². The number of ether oxygens (including phenoxy) is 2. The largest absolute Gasteiger partial charge is 0.486 e. The van der Waals surface area contributed by atoms with Crippen molar-refractivity contribution in [3.63, 3.8) is 0 Å². The molecule has 0 saturated carbocycles. The Labute approximate surface area is 170 Å². The van der Waals surface area contributed by atoms with Crippen LogP contribution in [0.5, 0.6) is 11.5 Å². The summed E-state index contributed by atoms with van der Waals surface area (Å²) in [6.45, 7) is 2.67. The monoisotopic (exact) mass is 409 g/mol. The Hall–Kier alpha value is -3.31. The Morgan fingerprint density at radius 3 is 2.72 bits per heavy atom. The van der Waals surface area contributed by atoms with Crippen molar-refractivity contribution >= 4 is 34.3 Å². The number of nitrogens with zero attached hydrogens (tertiary/aromatic N) is 2. The molecule has 1 N–H and O–H groups in total. The zero-order valence-corrected chi connectivity index (χ0v) is 16.3. The highest BCUT2D eigenvalue weighted by atomic mass is 32.2. The number of nitriles is 1. The van der Waals surface area contributed by atoms with Crippen LogP contribution >= 0.6 is 11.8 Å². The van der Waals surface area contributed by atoms with Gasteiger partial charge in [0.1, 0.15) is 30.1 Å². The lowest BCUT2D eigenvalue weighted by Gasteiger charge is -2.18. The Balaban J connectivity index is 1.53. The first-order valence-electron chi connectivity index (χ1n) is 8.87. The molecule has 146 valence electrons. The van der Waals surface area contributed by atoms with E-state index in [9.17, 15) is 14.4 Å². The summed E-state index contributed by atoms with van der Waals surface area (Å²) < 4.78 is 24.4. The van der Waals surface area contributed by atoms with Gasteiger partial charge in [-0.2, -0.15) is 5.26 Å². The number of hydrogen-bond acceptors (Lipinski definition) is 6. The zero-order chi connectivity index (χ0) is 20.4. The maximum Gasteiger partial charge on any atom is 0.234 e. The van der Waals surface area contributed by atoms with Crippen molar-refractivity contribution in [2.45, 2.75) is 11.9 Å². The van der Waals surface area contributed by atoms with Crippen molar-refractivity contribution < 1.29 is 18.7 Å². The first kappa shape index (κ1) is 19.0. The molecule has 8 heteroatoms. The van der Waals surface area contributed by atoms with Gasteiger partial charge in [-0.05, 0) is 42.8 Å². The number of aromatic nitrogens is 1. The second-order valence-electron chi connectivity index (χ2n) is 6.44. The van der Waals surface area contributed by atoms with Crippen LogP contribution in [0.1, 0.15) is 11.1 Å². The highest BCUT2D eigenvalue weighted by Crippen LogP contribution is 2.35. The molecule has 1 aliphatic heterocycles. The van der Waals surface area contributed by atoms with Crippen molar-refractivity contribution in [3.8, 4) is 17.6 Å². The first-order valence-corrected chi connectivity index (χ1v) is 9.85. The highest BCUT2D eigenvalue weighted by Gasteiger charge is 2.16. The van der Waals surface area contributed by atoms with Gasteiger partial charge in [0.05, 0.1) is 16.8 Å². The molecule has 0 saturated heterocycles. The summed E-state index contributed by atoms with van der Waals surface area (Å²) in [5.74, 6) is 0.683. The van der Waals surface area contributed by atoms with Gasteiger partial charge in [0.25, 0.3) is 0 Å². The fraction of sp³-hybridized carbons (Fsp3) is 0.190. The van der Waals surface area contributed by atoms with Crippen LogP contribution in [-0.2, 0) is 4.79 Å². The smallest absolute Gasteiger partial charge is 0.234 e. The van der Waals surface area contributed by atoms with E-state index in [1.165, 1.54) is 30.0 Å². The standard InChI is InChI=1S/C21H16FN3O3S/c1-12-6-15(22)2-3-16(12)24-20(26)11-29-21-14(10-23)7-13-8-18-19(9-17(13)25-21)28-5-4-27-18/h2-3,6-9H,4-5,11H2,1H3,(H,24,26).